The Balaban J connectivity index is 2.24. The van der Waals surface area contributed by atoms with Gasteiger partial charge in [-0.1, -0.05) is 18.5 Å². The molecule has 0 saturated carbocycles. The van der Waals surface area contributed by atoms with Gasteiger partial charge in [-0.05, 0) is 19.4 Å². The number of hydrogen-bond acceptors (Lipinski definition) is 5. The second kappa shape index (κ2) is 9.23. The van der Waals surface area contributed by atoms with Gasteiger partial charge >= 0.3 is 0 Å². The van der Waals surface area contributed by atoms with Crippen LogP contribution in [0.1, 0.15) is 41.0 Å². The van der Waals surface area contributed by atoms with Gasteiger partial charge in [-0.25, -0.2) is 0 Å². The van der Waals surface area contributed by atoms with Gasteiger partial charge in [0.25, 0.3) is 11.8 Å². The van der Waals surface area contributed by atoms with Gasteiger partial charge in [0.15, 0.2) is 0 Å². The molecule has 1 unspecified atom stereocenters. The Bertz CT molecular complexity index is 842. The molecular weight excluding hydrogens is 370 g/mol. The highest BCUT2D eigenvalue weighted by Gasteiger charge is 2.16. The van der Waals surface area contributed by atoms with Gasteiger partial charge in [0.05, 0.1) is 36.1 Å². The zero-order valence-electron chi connectivity index (χ0n) is 15.6. The van der Waals surface area contributed by atoms with Gasteiger partial charge in [0, 0.05) is 30.6 Å². The third-order valence-electron chi connectivity index (χ3n) is 3.97. The lowest BCUT2D eigenvalue weighted by Gasteiger charge is -2.14. The largest absolute Gasteiger partial charge is 0.495 e. The van der Waals surface area contributed by atoms with Crippen molar-refractivity contribution in [2.75, 3.05) is 19.5 Å². The Morgan fingerprint density at radius 3 is 2.30 bits per heavy atom. The molecule has 27 heavy (non-hydrogen) atoms. The molecule has 0 saturated heterocycles. The summed E-state index contributed by atoms with van der Waals surface area (Å²) in [5.41, 5.74) is 0.935. The van der Waals surface area contributed by atoms with Gasteiger partial charge in [-0.15, -0.1) is 0 Å². The number of halogens is 1. The fourth-order valence-electron chi connectivity index (χ4n) is 2.25. The first-order valence-electron chi connectivity index (χ1n) is 8.38. The van der Waals surface area contributed by atoms with E-state index < -0.39 is 5.91 Å². The number of anilines is 1. The summed E-state index contributed by atoms with van der Waals surface area (Å²) in [4.78, 5) is 28.8. The van der Waals surface area contributed by atoms with Crippen LogP contribution in [0.25, 0.3) is 0 Å². The van der Waals surface area contributed by atoms with Crippen molar-refractivity contribution >= 4 is 29.1 Å². The van der Waals surface area contributed by atoms with Gasteiger partial charge < -0.3 is 20.1 Å². The molecule has 8 heteroatoms. The summed E-state index contributed by atoms with van der Waals surface area (Å²) < 4.78 is 10.4. The molecule has 0 radical (unpaired) electrons. The van der Waals surface area contributed by atoms with Crippen LogP contribution < -0.4 is 20.1 Å². The van der Waals surface area contributed by atoms with Crippen LogP contribution in [-0.2, 0) is 0 Å². The molecule has 1 aromatic heterocycles. The maximum atomic E-state index is 12.6. The predicted molar refractivity (Wildman–Crippen MR) is 104 cm³/mol. The topological polar surface area (TPSA) is 89.6 Å². The van der Waals surface area contributed by atoms with E-state index >= 15 is 0 Å². The van der Waals surface area contributed by atoms with Gasteiger partial charge in [0.1, 0.15) is 11.5 Å². The van der Waals surface area contributed by atoms with Crippen molar-refractivity contribution in [2.24, 2.45) is 0 Å². The minimum Gasteiger partial charge on any atom is -0.495 e. The number of carbonyl (C=O) groups excluding carboxylic acids is 2. The number of ether oxygens (including phenoxy) is 2. The van der Waals surface area contributed by atoms with E-state index in [4.69, 9.17) is 21.1 Å². The van der Waals surface area contributed by atoms with Crippen molar-refractivity contribution in [1.82, 2.24) is 10.3 Å². The number of rotatable bonds is 7. The number of amides is 2. The lowest BCUT2D eigenvalue weighted by Crippen LogP contribution is -2.32. The number of methoxy groups -OCH3 is 2. The van der Waals surface area contributed by atoms with Crippen LogP contribution in [0.2, 0.25) is 5.02 Å². The Morgan fingerprint density at radius 2 is 1.70 bits per heavy atom. The molecule has 1 atom stereocenters. The van der Waals surface area contributed by atoms with E-state index in [0.717, 1.165) is 6.42 Å². The highest BCUT2D eigenvalue weighted by atomic mass is 35.5. The number of carbonyl (C=O) groups is 2. The Hall–Kier alpha value is -2.80. The molecule has 1 aromatic carbocycles. The molecule has 144 valence electrons. The molecule has 2 aromatic rings. The van der Waals surface area contributed by atoms with E-state index in [-0.39, 0.29) is 17.5 Å². The number of benzene rings is 1. The first kappa shape index (κ1) is 20.5. The standard InChI is InChI=1S/C19H22ClN3O4/c1-5-11(2)22-18(24)12-6-13(10-21-9-12)19(25)23-15-8-16(26-3)14(20)7-17(15)27-4/h6-11H,5H2,1-4H3,(H,22,24)(H,23,25). The maximum Gasteiger partial charge on any atom is 0.257 e. The minimum atomic E-state index is -0.441. The molecule has 0 spiro atoms. The van der Waals surface area contributed by atoms with Crippen LogP contribution in [-0.4, -0.2) is 37.1 Å². The minimum absolute atomic E-state index is 0.0285. The molecular formula is C19H22ClN3O4. The number of hydrogen-bond donors (Lipinski definition) is 2. The normalized spacial score (nSPS) is 11.4. The summed E-state index contributed by atoms with van der Waals surface area (Å²) in [6, 6.07) is 4.62. The number of nitrogens with zero attached hydrogens (tertiary/aromatic N) is 1. The third-order valence-corrected chi connectivity index (χ3v) is 4.27. The number of aromatic nitrogens is 1. The van der Waals surface area contributed by atoms with Gasteiger partial charge in [-0.2, -0.15) is 0 Å². The molecule has 0 aliphatic heterocycles. The fourth-order valence-corrected chi connectivity index (χ4v) is 2.48. The summed E-state index contributed by atoms with van der Waals surface area (Å²) in [6.07, 6.45) is 3.60. The predicted octanol–water partition coefficient (Wildman–Crippen LogP) is 3.53. The van der Waals surface area contributed by atoms with Crippen LogP contribution >= 0.6 is 11.6 Å². The zero-order valence-corrected chi connectivity index (χ0v) is 16.4. The first-order valence-corrected chi connectivity index (χ1v) is 8.76. The second-order valence-electron chi connectivity index (χ2n) is 5.89. The molecule has 0 fully saturated rings. The number of pyridine rings is 1. The average molecular weight is 392 g/mol. The Kier molecular flexibility index (Phi) is 7.01. The van der Waals surface area contributed by atoms with Crippen LogP contribution in [0.4, 0.5) is 5.69 Å². The van der Waals surface area contributed by atoms with Crippen molar-refractivity contribution < 1.29 is 19.1 Å². The van der Waals surface area contributed by atoms with E-state index in [1.165, 1.54) is 32.7 Å². The van der Waals surface area contributed by atoms with E-state index in [1.54, 1.807) is 12.1 Å². The second-order valence-corrected chi connectivity index (χ2v) is 6.29. The van der Waals surface area contributed by atoms with Crippen molar-refractivity contribution in [1.29, 1.82) is 0 Å². The summed E-state index contributed by atoms with van der Waals surface area (Å²) in [5, 5.41) is 5.92. The van der Waals surface area contributed by atoms with Gasteiger partial charge in [0.2, 0.25) is 0 Å². The first-order chi connectivity index (χ1) is 12.9. The maximum absolute atomic E-state index is 12.6. The van der Waals surface area contributed by atoms with E-state index in [2.05, 4.69) is 15.6 Å². The van der Waals surface area contributed by atoms with Crippen LogP contribution in [0, 0.1) is 0 Å². The zero-order chi connectivity index (χ0) is 20.0. The Labute approximate surface area is 163 Å². The fraction of sp³-hybridized carbons (Fsp3) is 0.316. The highest BCUT2D eigenvalue weighted by molar-refractivity contribution is 6.32. The lowest BCUT2D eigenvalue weighted by molar-refractivity contribution is 0.0939. The van der Waals surface area contributed by atoms with Crippen LogP contribution in [0.5, 0.6) is 11.5 Å². The Morgan fingerprint density at radius 1 is 1.07 bits per heavy atom. The average Bonchev–Trinajstić information content (AvgIpc) is 2.68. The molecule has 0 aliphatic carbocycles. The number of nitrogens with one attached hydrogen (secondary N) is 2. The quantitative estimate of drug-likeness (QED) is 0.753. The van der Waals surface area contributed by atoms with Crippen molar-refractivity contribution in [3.05, 3.63) is 46.7 Å². The van der Waals surface area contributed by atoms with Crippen molar-refractivity contribution in [3.63, 3.8) is 0 Å². The smallest absolute Gasteiger partial charge is 0.257 e. The third kappa shape index (κ3) is 5.10. The van der Waals surface area contributed by atoms with Gasteiger partial charge in [-0.3, -0.25) is 14.6 Å². The molecule has 2 amide bonds. The molecule has 0 aliphatic rings. The van der Waals surface area contributed by atoms with Crippen LogP contribution in [0.15, 0.2) is 30.6 Å². The van der Waals surface area contributed by atoms with E-state index in [0.29, 0.717) is 27.8 Å². The van der Waals surface area contributed by atoms with E-state index in [9.17, 15) is 9.59 Å². The van der Waals surface area contributed by atoms with Crippen molar-refractivity contribution in [2.45, 2.75) is 26.3 Å². The summed E-state index contributed by atoms with van der Waals surface area (Å²) in [6.45, 7) is 3.88. The molecule has 1 heterocycles. The summed E-state index contributed by atoms with van der Waals surface area (Å²) in [5.74, 6) is 0.0564. The van der Waals surface area contributed by atoms with Crippen molar-refractivity contribution in [3.8, 4) is 11.5 Å². The highest BCUT2D eigenvalue weighted by Crippen LogP contribution is 2.36. The monoisotopic (exact) mass is 391 g/mol. The lowest BCUT2D eigenvalue weighted by atomic mass is 10.1. The van der Waals surface area contributed by atoms with Crippen LogP contribution in [0.3, 0.4) is 0 Å². The molecule has 2 N–H and O–H groups in total. The SMILES string of the molecule is CCC(C)NC(=O)c1cncc(C(=O)Nc2cc(OC)c(Cl)cc2OC)c1. The molecule has 0 bridgehead atoms. The molecule has 7 nitrogen and oxygen atoms in total. The molecule has 2 rings (SSSR count). The summed E-state index contributed by atoms with van der Waals surface area (Å²) in [7, 11) is 2.94. The van der Waals surface area contributed by atoms with E-state index in [1.807, 2.05) is 13.8 Å². The summed E-state index contributed by atoms with van der Waals surface area (Å²) >= 11 is 6.07.